The molecule has 1 aromatic heterocycles. The molecule has 2 N–H and O–H groups in total. The van der Waals surface area contributed by atoms with Gasteiger partial charge in [-0.15, -0.1) is 12.4 Å². The number of esters is 1. The van der Waals surface area contributed by atoms with Crippen molar-refractivity contribution in [1.82, 2.24) is 4.98 Å². The highest BCUT2D eigenvalue weighted by Gasteiger charge is 2.05. The number of aromatic nitrogens is 1. The normalized spacial score (nSPS) is 8.42. The molecule has 0 radical (unpaired) electrons. The van der Waals surface area contributed by atoms with E-state index < -0.39 is 5.97 Å². The van der Waals surface area contributed by atoms with E-state index >= 15 is 0 Å². The van der Waals surface area contributed by atoms with E-state index in [1.54, 1.807) is 6.07 Å². The molecular formula is C7H9ClN2O2. The van der Waals surface area contributed by atoms with Crippen molar-refractivity contribution in [2.24, 2.45) is 0 Å². The molecule has 0 atom stereocenters. The van der Waals surface area contributed by atoms with E-state index in [-0.39, 0.29) is 18.1 Å². The van der Waals surface area contributed by atoms with Crippen molar-refractivity contribution < 1.29 is 9.53 Å². The molecule has 0 bridgehead atoms. The van der Waals surface area contributed by atoms with Gasteiger partial charge in [0.2, 0.25) is 0 Å². The average molecular weight is 189 g/mol. The molecule has 0 fully saturated rings. The van der Waals surface area contributed by atoms with Crippen molar-refractivity contribution in [3.63, 3.8) is 0 Å². The molecule has 66 valence electrons. The number of carbonyl (C=O) groups excluding carboxylic acids is 1. The molecule has 5 heteroatoms. The Bertz CT molecular complexity index is 278. The lowest BCUT2D eigenvalue weighted by atomic mass is 10.3. The molecule has 1 heterocycles. The van der Waals surface area contributed by atoms with Gasteiger partial charge in [-0.1, -0.05) is 0 Å². The van der Waals surface area contributed by atoms with Crippen molar-refractivity contribution in [1.29, 1.82) is 0 Å². The van der Waals surface area contributed by atoms with Gasteiger partial charge < -0.3 is 10.5 Å². The zero-order valence-corrected chi connectivity index (χ0v) is 7.30. The molecule has 0 aromatic carbocycles. The van der Waals surface area contributed by atoms with Crippen LogP contribution in [0.15, 0.2) is 18.3 Å². The monoisotopic (exact) mass is 188 g/mol. The maximum atomic E-state index is 10.8. The van der Waals surface area contributed by atoms with Crippen LogP contribution in [0, 0.1) is 0 Å². The summed E-state index contributed by atoms with van der Waals surface area (Å²) in [6.07, 6.45) is 1.46. The van der Waals surface area contributed by atoms with Gasteiger partial charge in [0.1, 0.15) is 5.69 Å². The summed E-state index contributed by atoms with van der Waals surface area (Å²) in [6, 6.07) is 3.07. The topological polar surface area (TPSA) is 65.2 Å². The third-order valence-corrected chi connectivity index (χ3v) is 1.18. The van der Waals surface area contributed by atoms with Crippen molar-refractivity contribution >= 4 is 24.1 Å². The van der Waals surface area contributed by atoms with Crippen LogP contribution >= 0.6 is 12.4 Å². The van der Waals surface area contributed by atoms with Gasteiger partial charge in [-0.25, -0.2) is 9.78 Å². The number of anilines is 1. The number of carbonyl (C=O) groups is 1. The van der Waals surface area contributed by atoms with Crippen LogP contribution in [-0.4, -0.2) is 18.1 Å². The number of nitrogen functional groups attached to an aromatic ring is 1. The first-order valence-corrected chi connectivity index (χ1v) is 3.04. The van der Waals surface area contributed by atoms with E-state index in [4.69, 9.17) is 5.73 Å². The first kappa shape index (κ1) is 10.7. The lowest BCUT2D eigenvalue weighted by Gasteiger charge is -1.97. The summed E-state index contributed by atoms with van der Waals surface area (Å²) >= 11 is 0. The van der Waals surface area contributed by atoms with Gasteiger partial charge in [0.25, 0.3) is 0 Å². The van der Waals surface area contributed by atoms with Gasteiger partial charge in [0, 0.05) is 11.9 Å². The van der Waals surface area contributed by atoms with Crippen LogP contribution in [0.5, 0.6) is 0 Å². The number of pyridine rings is 1. The summed E-state index contributed by atoms with van der Waals surface area (Å²) < 4.78 is 4.43. The Balaban J connectivity index is 0.00000121. The molecule has 0 aliphatic carbocycles. The van der Waals surface area contributed by atoms with Crippen LogP contribution in [0.4, 0.5) is 5.69 Å². The first-order valence-electron chi connectivity index (χ1n) is 3.04. The number of nitrogens with two attached hydrogens (primary N) is 1. The van der Waals surface area contributed by atoms with Crippen LogP contribution in [0.25, 0.3) is 0 Å². The Morgan fingerprint density at radius 3 is 2.83 bits per heavy atom. The van der Waals surface area contributed by atoms with Crippen LogP contribution < -0.4 is 5.73 Å². The molecular weight excluding hydrogens is 180 g/mol. The number of methoxy groups -OCH3 is 1. The quantitative estimate of drug-likeness (QED) is 0.665. The third-order valence-electron chi connectivity index (χ3n) is 1.18. The zero-order valence-electron chi connectivity index (χ0n) is 6.48. The SMILES string of the molecule is COC(=O)c1cc(N)ccn1.Cl. The number of halogens is 1. The molecule has 0 aliphatic heterocycles. The summed E-state index contributed by atoms with van der Waals surface area (Å²) in [6.45, 7) is 0. The zero-order chi connectivity index (χ0) is 8.27. The van der Waals surface area contributed by atoms with E-state index in [0.29, 0.717) is 5.69 Å². The molecule has 0 saturated carbocycles. The number of rotatable bonds is 1. The third kappa shape index (κ3) is 2.39. The molecule has 4 nitrogen and oxygen atoms in total. The van der Waals surface area contributed by atoms with Crippen LogP contribution in [0.3, 0.4) is 0 Å². The maximum Gasteiger partial charge on any atom is 0.356 e. The Kier molecular flexibility index (Phi) is 4.07. The van der Waals surface area contributed by atoms with Crippen LogP contribution in [-0.2, 0) is 4.74 Å². The second-order valence-electron chi connectivity index (χ2n) is 1.97. The van der Waals surface area contributed by atoms with Gasteiger partial charge in [0.15, 0.2) is 0 Å². The lowest BCUT2D eigenvalue weighted by molar-refractivity contribution is 0.0594. The van der Waals surface area contributed by atoms with Gasteiger partial charge in [-0.2, -0.15) is 0 Å². The van der Waals surface area contributed by atoms with E-state index in [1.165, 1.54) is 19.4 Å². The molecule has 1 aromatic rings. The van der Waals surface area contributed by atoms with E-state index in [0.717, 1.165) is 0 Å². The largest absolute Gasteiger partial charge is 0.464 e. The highest BCUT2D eigenvalue weighted by atomic mass is 35.5. The minimum atomic E-state index is -0.475. The standard InChI is InChI=1S/C7H8N2O2.ClH/c1-11-7(10)6-4-5(8)2-3-9-6;/h2-4H,1H3,(H2,8,9);1H. The molecule has 0 spiro atoms. The van der Waals surface area contributed by atoms with Gasteiger partial charge in [0.05, 0.1) is 7.11 Å². The van der Waals surface area contributed by atoms with Crippen molar-refractivity contribution in [2.45, 2.75) is 0 Å². The van der Waals surface area contributed by atoms with Gasteiger partial charge in [-0.05, 0) is 12.1 Å². The molecule has 1 rings (SSSR count). The summed E-state index contributed by atoms with van der Waals surface area (Å²) in [5.41, 5.74) is 6.13. The van der Waals surface area contributed by atoms with Crippen molar-refractivity contribution in [3.05, 3.63) is 24.0 Å². The van der Waals surface area contributed by atoms with Crippen molar-refractivity contribution in [2.75, 3.05) is 12.8 Å². The van der Waals surface area contributed by atoms with Crippen molar-refractivity contribution in [3.8, 4) is 0 Å². The first-order chi connectivity index (χ1) is 5.24. The van der Waals surface area contributed by atoms with E-state index in [2.05, 4.69) is 9.72 Å². The Labute approximate surface area is 76.1 Å². The molecule has 0 saturated heterocycles. The fourth-order valence-electron chi connectivity index (χ4n) is 0.663. The highest BCUT2D eigenvalue weighted by molar-refractivity contribution is 5.87. The maximum absolute atomic E-state index is 10.8. The fraction of sp³-hybridized carbons (Fsp3) is 0.143. The molecule has 0 unspecified atom stereocenters. The van der Waals surface area contributed by atoms with Crippen LogP contribution in [0.1, 0.15) is 10.5 Å². The van der Waals surface area contributed by atoms with Gasteiger partial charge in [-0.3, -0.25) is 0 Å². The second-order valence-corrected chi connectivity index (χ2v) is 1.97. The van der Waals surface area contributed by atoms with Crippen LogP contribution in [0.2, 0.25) is 0 Å². The molecule has 0 aliphatic rings. The number of hydrogen-bond donors (Lipinski definition) is 1. The summed E-state index contributed by atoms with van der Waals surface area (Å²) in [7, 11) is 1.30. The Hall–Kier alpha value is -1.29. The summed E-state index contributed by atoms with van der Waals surface area (Å²) in [5.74, 6) is -0.475. The Morgan fingerprint density at radius 2 is 2.33 bits per heavy atom. The number of ether oxygens (including phenoxy) is 1. The average Bonchev–Trinajstić information content (AvgIpc) is 2.03. The smallest absolute Gasteiger partial charge is 0.356 e. The van der Waals surface area contributed by atoms with E-state index in [1.807, 2.05) is 0 Å². The Morgan fingerprint density at radius 1 is 1.67 bits per heavy atom. The molecule has 0 amide bonds. The summed E-state index contributed by atoms with van der Waals surface area (Å²) in [5, 5.41) is 0. The highest BCUT2D eigenvalue weighted by Crippen LogP contribution is 2.03. The number of hydrogen-bond acceptors (Lipinski definition) is 4. The van der Waals surface area contributed by atoms with Gasteiger partial charge >= 0.3 is 5.97 Å². The predicted octanol–water partition coefficient (Wildman–Crippen LogP) is 0.872. The summed E-state index contributed by atoms with van der Waals surface area (Å²) in [4.78, 5) is 14.6. The number of nitrogens with zero attached hydrogens (tertiary/aromatic N) is 1. The fourth-order valence-corrected chi connectivity index (χ4v) is 0.663. The minimum absolute atomic E-state index is 0. The van der Waals surface area contributed by atoms with E-state index in [9.17, 15) is 4.79 Å². The lowest BCUT2D eigenvalue weighted by Crippen LogP contribution is -2.04. The second kappa shape index (κ2) is 4.56. The minimum Gasteiger partial charge on any atom is -0.464 e. The predicted molar refractivity (Wildman–Crippen MR) is 47.2 cm³/mol. The molecule has 12 heavy (non-hydrogen) atoms.